The number of tetrazole rings is 1. The van der Waals surface area contributed by atoms with E-state index in [0.29, 0.717) is 10.6 Å². The van der Waals surface area contributed by atoms with Crippen LogP contribution in [0.1, 0.15) is 0 Å². The van der Waals surface area contributed by atoms with Gasteiger partial charge < -0.3 is 5.73 Å². The molecule has 0 bridgehead atoms. The Hall–Kier alpha value is -2.54. The van der Waals surface area contributed by atoms with Crippen LogP contribution in [0.15, 0.2) is 36.4 Å². The second-order valence-electron chi connectivity index (χ2n) is 4.24. The van der Waals surface area contributed by atoms with Crippen LogP contribution in [-0.4, -0.2) is 20.2 Å². The van der Waals surface area contributed by atoms with Crippen molar-refractivity contribution in [2.45, 2.75) is 0 Å². The number of para-hydroxylation sites is 1. The summed E-state index contributed by atoms with van der Waals surface area (Å²) in [5.74, 6) is -1.23. The van der Waals surface area contributed by atoms with Gasteiger partial charge in [0.2, 0.25) is 0 Å². The quantitative estimate of drug-likeness (QED) is 0.739. The van der Waals surface area contributed by atoms with Crippen LogP contribution in [0.4, 0.5) is 14.5 Å². The molecule has 2 N–H and O–H groups in total. The molecule has 0 spiro atoms. The van der Waals surface area contributed by atoms with Crippen LogP contribution in [0.2, 0.25) is 5.02 Å². The summed E-state index contributed by atoms with van der Waals surface area (Å²) in [6, 6.07) is 7.96. The third kappa shape index (κ3) is 2.43. The van der Waals surface area contributed by atoms with Crippen molar-refractivity contribution < 1.29 is 8.78 Å². The molecule has 0 radical (unpaired) electrons. The Bertz CT molecular complexity index is 798. The molecular formula is C13H8ClF2N5. The summed E-state index contributed by atoms with van der Waals surface area (Å²) in [5, 5.41) is 11.4. The SMILES string of the molecule is Nc1c(Cl)cccc1-c1nnnn1-c1cc(F)cc(F)c1. The molecule has 0 amide bonds. The van der Waals surface area contributed by atoms with Crippen molar-refractivity contribution >= 4 is 17.3 Å². The third-order valence-electron chi connectivity index (χ3n) is 2.86. The molecule has 0 saturated carbocycles. The number of nitrogens with two attached hydrogens (primary N) is 1. The van der Waals surface area contributed by atoms with E-state index in [1.54, 1.807) is 18.2 Å². The molecule has 2 aromatic carbocycles. The van der Waals surface area contributed by atoms with Crippen molar-refractivity contribution in [2.75, 3.05) is 5.73 Å². The minimum atomic E-state index is -0.731. The lowest BCUT2D eigenvalue weighted by molar-refractivity contribution is 0.579. The van der Waals surface area contributed by atoms with E-state index in [1.807, 2.05) is 0 Å². The number of halogens is 3. The van der Waals surface area contributed by atoms with E-state index >= 15 is 0 Å². The molecular weight excluding hydrogens is 300 g/mol. The van der Waals surface area contributed by atoms with E-state index in [0.717, 1.165) is 18.2 Å². The minimum Gasteiger partial charge on any atom is -0.397 e. The number of hydrogen-bond donors (Lipinski definition) is 1. The molecule has 1 heterocycles. The molecule has 0 unspecified atom stereocenters. The third-order valence-corrected chi connectivity index (χ3v) is 3.18. The van der Waals surface area contributed by atoms with Crippen molar-refractivity contribution in [1.82, 2.24) is 20.2 Å². The number of hydrogen-bond acceptors (Lipinski definition) is 4. The first-order valence-corrected chi connectivity index (χ1v) is 6.23. The van der Waals surface area contributed by atoms with Crippen LogP contribution in [0.3, 0.4) is 0 Å². The summed E-state index contributed by atoms with van der Waals surface area (Å²) < 4.78 is 27.8. The Morgan fingerprint density at radius 3 is 2.52 bits per heavy atom. The molecule has 21 heavy (non-hydrogen) atoms. The number of rotatable bonds is 2. The van der Waals surface area contributed by atoms with Crippen molar-refractivity contribution in [1.29, 1.82) is 0 Å². The normalized spacial score (nSPS) is 10.8. The van der Waals surface area contributed by atoms with Gasteiger partial charge in [-0.25, -0.2) is 8.78 Å². The zero-order chi connectivity index (χ0) is 15.0. The number of benzene rings is 2. The fourth-order valence-corrected chi connectivity index (χ4v) is 2.10. The average molecular weight is 308 g/mol. The Kier molecular flexibility index (Phi) is 3.26. The fourth-order valence-electron chi connectivity index (χ4n) is 1.92. The van der Waals surface area contributed by atoms with Gasteiger partial charge in [-0.2, -0.15) is 4.68 Å². The lowest BCUT2D eigenvalue weighted by Crippen LogP contribution is -2.03. The predicted molar refractivity (Wildman–Crippen MR) is 73.9 cm³/mol. The largest absolute Gasteiger partial charge is 0.397 e. The Labute approximate surface area is 123 Å². The number of aromatic nitrogens is 4. The van der Waals surface area contributed by atoms with Crippen LogP contribution in [-0.2, 0) is 0 Å². The van der Waals surface area contributed by atoms with Gasteiger partial charge in [0.05, 0.1) is 16.4 Å². The zero-order valence-corrected chi connectivity index (χ0v) is 11.2. The van der Waals surface area contributed by atoms with Crippen LogP contribution in [0.25, 0.3) is 17.1 Å². The Morgan fingerprint density at radius 2 is 1.81 bits per heavy atom. The smallest absolute Gasteiger partial charge is 0.189 e. The zero-order valence-electron chi connectivity index (χ0n) is 10.5. The molecule has 5 nitrogen and oxygen atoms in total. The van der Waals surface area contributed by atoms with Crippen molar-refractivity contribution in [3.05, 3.63) is 53.1 Å². The summed E-state index contributed by atoms with van der Waals surface area (Å²) in [4.78, 5) is 0. The molecule has 0 fully saturated rings. The molecule has 0 aliphatic carbocycles. The van der Waals surface area contributed by atoms with E-state index in [4.69, 9.17) is 17.3 Å². The fraction of sp³-hybridized carbons (Fsp3) is 0. The highest BCUT2D eigenvalue weighted by Crippen LogP contribution is 2.30. The van der Waals surface area contributed by atoms with E-state index in [2.05, 4.69) is 15.5 Å². The first-order valence-electron chi connectivity index (χ1n) is 5.85. The molecule has 0 saturated heterocycles. The highest BCUT2D eigenvalue weighted by Gasteiger charge is 2.16. The molecule has 0 atom stereocenters. The van der Waals surface area contributed by atoms with Gasteiger partial charge in [0.15, 0.2) is 5.82 Å². The van der Waals surface area contributed by atoms with E-state index in [9.17, 15) is 8.78 Å². The summed E-state index contributed by atoms with van der Waals surface area (Å²) >= 11 is 5.96. The van der Waals surface area contributed by atoms with Crippen LogP contribution in [0.5, 0.6) is 0 Å². The molecule has 0 aliphatic heterocycles. The summed E-state index contributed by atoms with van der Waals surface area (Å²) in [6.45, 7) is 0. The van der Waals surface area contributed by atoms with Gasteiger partial charge in [-0.05, 0) is 34.7 Å². The summed E-state index contributed by atoms with van der Waals surface area (Å²) in [6.07, 6.45) is 0. The highest BCUT2D eigenvalue weighted by molar-refractivity contribution is 6.33. The second-order valence-corrected chi connectivity index (χ2v) is 4.65. The molecule has 3 rings (SSSR count). The molecule has 1 aromatic heterocycles. The Morgan fingerprint density at radius 1 is 1.10 bits per heavy atom. The monoisotopic (exact) mass is 307 g/mol. The van der Waals surface area contributed by atoms with Gasteiger partial charge in [0.25, 0.3) is 0 Å². The van der Waals surface area contributed by atoms with Crippen molar-refractivity contribution in [3.63, 3.8) is 0 Å². The number of nitrogen functional groups attached to an aromatic ring is 1. The predicted octanol–water partition coefficient (Wildman–Crippen LogP) is 2.84. The van der Waals surface area contributed by atoms with Gasteiger partial charge in [-0.1, -0.05) is 17.7 Å². The van der Waals surface area contributed by atoms with Gasteiger partial charge in [0.1, 0.15) is 11.6 Å². The standard InChI is InChI=1S/C13H8ClF2N5/c14-11-3-1-2-10(12(11)17)13-18-19-20-21(13)9-5-7(15)4-8(16)6-9/h1-6H,17H2. The van der Waals surface area contributed by atoms with Crippen molar-refractivity contribution in [2.24, 2.45) is 0 Å². The van der Waals surface area contributed by atoms with Crippen LogP contribution < -0.4 is 5.73 Å². The topological polar surface area (TPSA) is 69.6 Å². The van der Waals surface area contributed by atoms with Gasteiger partial charge >= 0.3 is 0 Å². The van der Waals surface area contributed by atoms with Gasteiger partial charge in [-0.3, -0.25) is 0 Å². The average Bonchev–Trinajstić information content (AvgIpc) is 2.90. The lowest BCUT2D eigenvalue weighted by atomic mass is 10.1. The van der Waals surface area contributed by atoms with E-state index < -0.39 is 11.6 Å². The molecule has 106 valence electrons. The molecule has 8 heteroatoms. The highest BCUT2D eigenvalue weighted by atomic mass is 35.5. The minimum absolute atomic E-state index is 0.145. The van der Waals surface area contributed by atoms with Gasteiger partial charge in [-0.15, -0.1) is 5.10 Å². The summed E-state index contributed by atoms with van der Waals surface area (Å²) in [7, 11) is 0. The van der Waals surface area contributed by atoms with Crippen LogP contribution >= 0.6 is 11.6 Å². The maximum Gasteiger partial charge on any atom is 0.189 e. The maximum atomic E-state index is 13.3. The van der Waals surface area contributed by atoms with Gasteiger partial charge in [0, 0.05) is 11.6 Å². The first-order chi connectivity index (χ1) is 10.1. The van der Waals surface area contributed by atoms with Crippen LogP contribution in [0, 0.1) is 11.6 Å². The molecule has 3 aromatic rings. The second kappa shape index (κ2) is 5.10. The maximum absolute atomic E-state index is 13.3. The molecule has 0 aliphatic rings. The summed E-state index contributed by atoms with van der Waals surface area (Å²) in [5.41, 5.74) is 6.79. The van der Waals surface area contributed by atoms with E-state index in [-0.39, 0.29) is 17.2 Å². The Balaban J connectivity index is 2.19. The number of nitrogens with zero attached hydrogens (tertiary/aromatic N) is 4. The lowest BCUT2D eigenvalue weighted by Gasteiger charge is -2.08. The van der Waals surface area contributed by atoms with Crippen molar-refractivity contribution in [3.8, 4) is 17.1 Å². The first kappa shape index (κ1) is 13.4. The van der Waals surface area contributed by atoms with E-state index in [1.165, 1.54) is 4.68 Å². The number of anilines is 1.